The van der Waals surface area contributed by atoms with Gasteiger partial charge in [-0.1, -0.05) is 28.1 Å². The van der Waals surface area contributed by atoms with Crippen LogP contribution >= 0.6 is 15.9 Å². The van der Waals surface area contributed by atoms with Crippen molar-refractivity contribution in [2.75, 3.05) is 13.1 Å². The first kappa shape index (κ1) is 20.3. The van der Waals surface area contributed by atoms with E-state index in [9.17, 15) is 9.59 Å². The van der Waals surface area contributed by atoms with Crippen molar-refractivity contribution >= 4 is 27.7 Å². The number of nitrogens with one attached hydrogen (secondary N) is 2. The zero-order chi connectivity index (χ0) is 20.9. The summed E-state index contributed by atoms with van der Waals surface area (Å²) in [6, 6.07) is 13.3. The van der Waals surface area contributed by atoms with Crippen molar-refractivity contribution < 1.29 is 9.59 Å². The second kappa shape index (κ2) is 9.21. The largest absolute Gasteiger partial charge is 0.352 e. The van der Waals surface area contributed by atoms with Crippen molar-refractivity contribution in [3.8, 4) is 11.3 Å². The number of carbonyl (C=O) groups is 2. The summed E-state index contributed by atoms with van der Waals surface area (Å²) in [5.41, 5.74) is 3.06. The van der Waals surface area contributed by atoms with Crippen LogP contribution in [0.3, 0.4) is 0 Å². The molecule has 3 heterocycles. The van der Waals surface area contributed by atoms with Crippen LogP contribution in [0.5, 0.6) is 0 Å². The number of carbonyl (C=O) groups excluding carboxylic acids is 2. The first-order valence-corrected chi connectivity index (χ1v) is 10.7. The number of hydrogen-bond acceptors (Lipinski definition) is 4. The van der Waals surface area contributed by atoms with Crippen molar-refractivity contribution in [3.05, 3.63) is 70.6 Å². The van der Waals surface area contributed by atoms with Crippen LogP contribution in [0.1, 0.15) is 28.9 Å². The van der Waals surface area contributed by atoms with E-state index in [1.165, 1.54) is 0 Å². The van der Waals surface area contributed by atoms with Crippen molar-refractivity contribution in [1.29, 1.82) is 0 Å². The minimum Gasteiger partial charge on any atom is -0.352 e. The van der Waals surface area contributed by atoms with E-state index >= 15 is 0 Å². The number of aromatic amines is 1. The van der Waals surface area contributed by atoms with Gasteiger partial charge in [0.15, 0.2) is 0 Å². The van der Waals surface area contributed by atoms with E-state index in [1.807, 2.05) is 36.4 Å². The number of halogens is 1. The highest BCUT2D eigenvalue weighted by molar-refractivity contribution is 9.10. The van der Waals surface area contributed by atoms with Gasteiger partial charge in [-0.05, 0) is 48.7 Å². The maximum absolute atomic E-state index is 12.9. The van der Waals surface area contributed by atoms with Gasteiger partial charge in [0.1, 0.15) is 5.69 Å². The topological polar surface area (TPSA) is 91.0 Å². The molecule has 0 spiro atoms. The Balaban J connectivity index is 1.36. The number of benzene rings is 1. The van der Waals surface area contributed by atoms with E-state index in [1.54, 1.807) is 23.4 Å². The molecule has 8 heteroatoms. The summed E-state index contributed by atoms with van der Waals surface area (Å²) < 4.78 is 1.00. The highest BCUT2D eigenvalue weighted by atomic mass is 79.9. The summed E-state index contributed by atoms with van der Waals surface area (Å²) in [4.78, 5) is 31.3. The maximum atomic E-state index is 12.9. The van der Waals surface area contributed by atoms with Gasteiger partial charge < -0.3 is 10.2 Å². The lowest BCUT2D eigenvalue weighted by Gasteiger charge is -2.31. The average Bonchev–Trinajstić information content (AvgIpc) is 3.29. The molecule has 30 heavy (non-hydrogen) atoms. The summed E-state index contributed by atoms with van der Waals surface area (Å²) in [5.74, 6) is -0.355. The fourth-order valence-electron chi connectivity index (χ4n) is 3.58. The van der Waals surface area contributed by atoms with Gasteiger partial charge in [0.25, 0.3) is 5.91 Å². The van der Waals surface area contributed by atoms with Crippen LogP contribution in [0.4, 0.5) is 0 Å². The Hall–Kier alpha value is -3.00. The highest BCUT2D eigenvalue weighted by Crippen LogP contribution is 2.21. The molecular formula is C22H22BrN5O2. The third-order valence-electron chi connectivity index (χ3n) is 5.24. The van der Waals surface area contributed by atoms with Gasteiger partial charge >= 0.3 is 0 Å². The van der Waals surface area contributed by atoms with Crippen LogP contribution in [0.15, 0.2) is 59.3 Å². The Labute approximate surface area is 183 Å². The predicted octanol–water partition coefficient (Wildman–Crippen LogP) is 3.40. The van der Waals surface area contributed by atoms with Crippen LogP contribution in [-0.4, -0.2) is 45.0 Å². The molecule has 2 N–H and O–H groups in total. The molecule has 0 bridgehead atoms. The number of nitrogens with zero attached hydrogens (tertiary/aromatic N) is 3. The Morgan fingerprint density at radius 3 is 2.70 bits per heavy atom. The van der Waals surface area contributed by atoms with E-state index in [-0.39, 0.29) is 17.7 Å². The molecule has 1 fully saturated rings. The van der Waals surface area contributed by atoms with E-state index in [2.05, 4.69) is 36.4 Å². The minimum absolute atomic E-state index is 0.0162. The molecule has 1 saturated heterocycles. The molecular weight excluding hydrogens is 446 g/mol. The van der Waals surface area contributed by atoms with Gasteiger partial charge in [0.05, 0.1) is 11.6 Å². The van der Waals surface area contributed by atoms with Crippen molar-refractivity contribution in [3.63, 3.8) is 0 Å². The third kappa shape index (κ3) is 4.76. The summed E-state index contributed by atoms with van der Waals surface area (Å²) >= 11 is 3.41. The smallest absolute Gasteiger partial charge is 0.271 e. The standard InChI is InChI=1S/C22H22BrN5O2/c23-18-5-3-15(4-6-18)13-25-21(29)17-2-1-11-28(14-17)22(30)20-12-19(26-27-20)16-7-9-24-10-8-16/h3-10,12,17H,1-2,11,13-14H2,(H,25,29)(H,26,27)/t17-/m0/s1. The number of aromatic nitrogens is 3. The van der Waals surface area contributed by atoms with Crippen molar-refractivity contribution in [1.82, 2.24) is 25.4 Å². The van der Waals surface area contributed by atoms with E-state index < -0.39 is 0 Å². The quantitative estimate of drug-likeness (QED) is 0.601. The predicted molar refractivity (Wildman–Crippen MR) is 116 cm³/mol. The average molecular weight is 468 g/mol. The van der Waals surface area contributed by atoms with Crippen LogP contribution in [-0.2, 0) is 11.3 Å². The van der Waals surface area contributed by atoms with Crippen LogP contribution in [0.25, 0.3) is 11.3 Å². The molecule has 1 aliphatic heterocycles. The van der Waals surface area contributed by atoms with Crippen molar-refractivity contribution in [2.45, 2.75) is 19.4 Å². The Kier molecular flexibility index (Phi) is 6.23. The van der Waals surface area contributed by atoms with E-state index in [4.69, 9.17) is 0 Å². The fourth-order valence-corrected chi connectivity index (χ4v) is 3.85. The first-order chi connectivity index (χ1) is 14.6. The summed E-state index contributed by atoms with van der Waals surface area (Å²) in [7, 11) is 0. The van der Waals surface area contributed by atoms with Gasteiger partial charge in [0.2, 0.25) is 5.91 Å². The number of piperidine rings is 1. The summed E-state index contributed by atoms with van der Waals surface area (Å²) in [5, 5.41) is 10.1. The van der Waals surface area contributed by atoms with Gasteiger partial charge in [-0.3, -0.25) is 19.7 Å². The number of rotatable bonds is 5. The number of H-pyrrole nitrogens is 1. The second-order valence-corrected chi connectivity index (χ2v) is 8.25. The molecule has 0 aliphatic carbocycles. The Bertz CT molecular complexity index is 1020. The van der Waals surface area contributed by atoms with Crippen molar-refractivity contribution in [2.24, 2.45) is 5.92 Å². The number of amides is 2. The molecule has 0 radical (unpaired) electrons. The van der Waals surface area contributed by atoms with Crippen LogP contribution < -0.4 is 5.32 Å². The first-order valence-electron chi connectivity index (χ1n) is 9.87. The SMILES string of the molecule is O=C(NCc1ccc(Br)cc1)[C@H]1CCCN(C(=O)c2cc(-c3ccncc3)n[nH]2)C1. The molecule has 1 aromatic carbocycles. The number of likely N-dealkylation sites (tertiary alicyclic amines) is 1. The lowest BCUT2D eigenvalue weighted by molar-refractivity contribution is -0.126. The summed E-state index contributed by atoms with van der Waals surface area (Å²) in [6.45, 7) is 1.53. The third-order valence-corrected chi connectivity index (χ3v) is 5.77. The molecule has 0 saturated carbocycles. The van der Waals surface area contributed by atoms with Gasteiger partial charge in [-0.15, -0.1) is 0 Å². The van der Waals surface area contributed by atoms with E-state index in [0.717, 1.165) is 28.4 Å². The van der Waals surface area contributed by atoms with E-state index in [0.29, 0.717) is 31.0 Å². The molecule has 2 amide bonds. The lowest BCUT2D eigenvalue weighted by atomic mass is 9.96. The number of hydrogen-bond donors (Lipinski definition) is 2. The molecule has 4 rings (SSSR count). The molecule has 1 aliphatic rings. The molecule has 2 aromatic heterocycles. The molecule has 154 valence electrons. The summed E-state index contributed by atoms with van der Waals surface area (Å²) in [6.07, 6.45) is 4.95. The molecule has 3 aromatic rings. The van der Waals surface area contributed by atoms with Crippen LogP contribution in [0.2, 0.25) is 0 Å². The maximum Gasteiger partial charge on any atom is 0.271 e. The normalized spacial score (nSPS) is 16.3. The number of pyridine rings is 1. The van der Waals surface area contributed by atoms with Gasteiger partial charge in [-0.25, -0.2) is 0 Å². The Morgan fingerprint density at radius 1 is 1.17 bits per heavy atom. The Morgan fingerprint density at radius 2 is 1.93 bits per heavy atom. The molecule has 7 nitrogen and oxygen atoms in total. The zero-order valence-corrected chi connectivity index (χ0v) is 17.9. The lowest BCUT2D eigenvalue weighted by Crippen LogP contribution is -2.45. The molecule has 0 unspecified atom stereocenters. The zero-order valence-electron chi connectivity index (χ0n) is 16.3. The fraction of sp³-hybridized carbons (Fsp3) is 0.273. The minimum atomic E-state index is -0.208. The van der Waals surface area contributed by atoms with Crippen LogP contribution in [0, 0.1) is 5.92 Å². The highest BCUT2D eigenvalue weighted by Gasteiger charge is 2.29. The second-order valence-electron chi connectivity index (χ2n) is 7.34. The monoisotopic (exact) mass is 467 g/mol. The van der Waals surface area contributed by atoms with Gasteiger partial charge in [-0.2, -0.15) is 5.10 Å². The molecule has 1 atom stereocenters. The van der Waals surface area contributed by atoms with Gasteiger partial charge in [0, 0.05) is 42.1 Å².